The fourth-order valence-corrected chi connectivity index (χ4v) is 5.02. The second kappa shape index (κ2) is 7.07. The summed E-state index contributed by atoms with van der Waals surface area (Å²) in [5, 5.41) is 4.95. The minimum absolute atomic E-state index is 0.0163. The molecule has 2 N–H and O–H groups in total. The van der Waals surface area contributed by atoms with Crippen LogP contribution in [0.4, 0.5) is 14.6 Å². The Balaban J connectivity index is 1.24. The van der Waals surface area contributed by atoms with Crippen LogP contribution in [0.3, 0.4) is 0 Å². The molecule has 3 aromatic rings. The van der Waals surface area contributed by atoms with Crippen molar-refractivity contribution >= 4 is 17.6 Å². The number of hydrogen-bond acceptors (Lipinski definition) is 6. The predicted octanol–water partition coefficient (Wildman–Crippen LogP) is 3.40. The Labute approximate surface area is 171 Å². The van der Waals surface area contributed by atoms with Gasteiger partial charge in [-0.1, -0.05) is 11.8 Å². The molecule has 6 nitrogen and oxygen atoms in total. The number of aromatic nitrogens is 4. The van der Waals surface area contributed by atoms with Gasteiger partial charge in [-0.3, -0.25) is 4.68 Å². The summed E-state index contributed by atoms with van der Waals surface area (Å²) in [6.45, 7) is 2.58. The standard InChI is InChI=1S/C20H20F2N6S/c21-13-1-2-16(14(22)9-13)29-18-11-24-17(10-25-18)27-7-4-20(5-8-27)12-28-15(19(20)23)3-6-26-28/h1-3,6,9-11,19H,4-5,7-8,12,23H2. The van der Waals surface area contributed by atoms with Gasteiger partial charge in [0.2, 0.25) is 0 Å². The topological polar surface area (TPSA) is 72.9 Å². The van der Waals surface area contributed by atoms with Crippen molar-refractivity contribution in [3.63, 3.8) is 0 Å². The Morgan fingerprint density at radius 2 is 1.93 bits per heavy atom. The highest BCUT2D eigenvalue weighted by Gasteiger charge is 2.46. The zero-order chi connectivity index (χ0) is 20.0. The van der Waals surface area contributed by atoms with E-state index in [4.69, 9.17) is 5.73 Å². The lowest BCUT2D eigenvalue weighted by molar-refractivity contribution is 0.170. The molecule has 9 heteroatoms. The summed E-state index contributed by atoms with van der Waals surface area (Å²) < 4.78 is 28.9. The second-order valence-electron chi connectivity index (χ2n) is 7.63. The van der Waals surface area contributed by atoms with Crippen LogP contribution < -0.4 is 10.6 Å². The van der Waals surface area contributed by atoms with Gasteiger partial charge >= 0.3 is 0 Å². The van der Waals surface area contributed by atoms with Gasteiger partial charge in [0.1, 0.15) is 22.5 Å². The monoisotopic (exact) mass is 414 g/mol. The molecule has 1 atom stereocenters. The van der Waals surface area contributed by atoms with E-state index in [1.165, 1.54) is 12.1 Å². The molecule has 2 aliphatic heterocycles. The Kier molecular flexibility index (Phi) is 4.51. The van der Waals surface area contributed by atoms with E-state index in [1.807, 2.05) is 16.9 Å². The molecule has 1 fully saturated rings. The third-order valence-corrected chi connectivity index (χ3v) is 6.97. The Hall–Kier alpha value is -2.52. The van der Waals surface area contributed by atoms with Gasteiger partial charge in [-0.15, -0.1) is 0 Å². The average Bonchev–Trinajstić information content (AvgIpc) is 3.27. The van der Waals surface area contributed by atoms with Crippen LogP contribution in [0.1, 0.15) is 24.6 Å². The summed E-state index contributed by atoms with van der Waals surface area (Å²) in [4.78, 5) is 11.4. The number of nitrogens with two attached hydrogens (primary N) is 1. The molecule has 0 saturated carbocycles. The molecule has 150 valence electrons. The van der Waals surface area contributed by atoms with E-state index in [0.717, 1.165) is 61.8 Å². The van der Waals surface area contributed by atoms with E-state index in [1.54, 1.807) is 12.4 Å². The molecule has 1 saturated heterocycles. The highest BCUT2D eigenvalue weighted by atomic mass is 32.2. The van der Waals surface area contributed by atoms with E-state index in [9.17, 15) is 8.78 Å². The quantitative estimate of drug-likeness (QED) is 0.708. The fourth-order valence-electron chi connectivity index (χ4n) is 4.30. The van der Waals surface area contributed by atoms with Gasteiger partial charge in [-0.25, -0.2) is 18.7 Å². The van der Waals surface area contributed by atoms with Crippen molar-refractivity contribution in [2.45, 2.75) is 35.3 Å². The zero-order valence-corrected chi connectivity index (χ0v) is 16.4. The number of nitrogens with zero attached hydrogens (tertiary/aromatic N) is 5. The normalized spacial score (nSPS) is 20.2. The summed E-state index contributed by atoms with van der Waals surface area (Å²) in [6, 6.07) is 5.54. The van der Waals surface area contributed by atoms with Gasteiger partial charge < -0.3 is 10.6 Å². The first-order valence-corrected chi connectivity index (χ1v) is 10.3. The van der Waals surface area contributed by atoms with E-state index < -0.39 is 11.6 Å². The van der Waals surface area contributed by atoms with Crippen molar-refractivity contribution < 1.29 is 8.78 Å². The van der Waals surface area contributed by atoms with Gasteiger partial charge in [-0.2, -0.15) is 5.10 Å². The van der Waals surface area contributed by atoms with Crippen molar-refractivity contribution in [1.82, 2.24) is 19.7 Å². The fraction of sp³-hybridized carbons (Fsp3) is 0.350. The van der Waals surface area contributed by atoms with Crippen LogP contribution in [0.25, 0.3) is 0 Å². The van der Waals surface area contributed by atoms with Crippen LogP contribution in [0.5, 0.6) is 0 Å². The lowest BCUT2D eigenvalue weighted by Crippen LogP contribution is -2.45. The van der Waals surface area contributed by atoms with Crippen LogP contribution in [-0.2, 0) is 6.54 Å². The molecule has 0 radical (unpaired) electrons. The Bertz CT molecular complexity index is 1030. The molecule has 1 spiro atoms. The summed E-state index contributed by atoms with van der Waals surface area (Å²) in [7, 11) is 0. The molecular formula is C20H20F2N6S. The predicted molar refractivity (Wildman–Crippen MR) is 106 cm³/mol. The minimum atomic E-state index is -0.602. The third-order valence-electron chi connectivity index (χ3n) is 6.00. The summed E-state index contributed by atoms with van der Waals surface area (Å²) in [5.41, 5.74) is 7.71. The summed E-state index contributed by atoms with van der Waals surface area (Å²) >= 11 is 1.13. The smallest absolute Gasteiger partial charge is 0.147 e. The molecule has 1 aromatic carbocycles. The maximum atomic E-state index is 13.8. The van der Waals surface area contributed by atoms with E-state index in [-0.39, 0.29) is 11.5 Å². The largest absolute Gasteiger partial charge is 0.355 e. The van der Waals surface area contributed by atoms with E-state index in [2.05, 4.69) is 20.0 Å². The Morgan fingerprint density at radius 1 is 1.10 bits per heavy atom. The number of halogens is 2. The first-order chi connectivity index (χ1) is 14.0. The SMILES string of the molecule is NC1c2ccnn2CC12CCN(c1cnc(Sc3ccc(F)cc3F)cn1)CC2. The zero-order valence-electron chi connectivity index (χ0n) is 15.6. The van der Waals surface area contributed by atoms with E-state index >= 15 is 0 Å². The van der Waals surface area contributed by atoms with E-state index in [0.29, 0.717) is 9.92 Å². The molecule has 1 unspecified atom stereocenters. The lowest BCUT2D eigenvalue weighted by Gasteiger charge is -2.41. The summed E-state index contributed by atoms with van der Waals surface area (Å²) in [5.74, 6) is -0.398. The van der Waals surface area contributed by atoms with Crippen LogP contribution in [0.2, 0.25) is 0 Å². The molecule has 5 rings (SSSR count). The number of benzene rings is 1. The third kappa shape index (κ3) is 3.28. The number of hydrogen-bond donors (Lipinski definition) is 1. The molecule has 0 aliphatic carbocycles. The van der Waals surface area contributed by atoms with Crippen LogP contribution >= 0.6 is 11.8 Å². The second-order valence-corrected chi connectivity index (χ2v) is 8.69. The van der Waals surface area contributed by atoms with Gasteiger partial charge in [-0.05, 0) is 31.0 Å². The van der Waals surface area contributed by atoms with Gasteiger partial charge in [0.15, 0.2) is 0 Å². The molecule has 2 aliphatic rings. The molecule has 4 heterocycles. The highest BCUT2D eigenvalue weighted by molar-refractivity contribution is 7.99. The van der Waals surface area contributed by atoms with Crippen LogP contribution in [0.15, 0.2) is 52.8 Å². The number of fused-ring (bicyclic) bond motifs is 1. The average molecular weight is 414 g/mol. The maximum Gasteiger partial charge on any atom is 0.147 e. The van der Waals surface area contributed by atoms with Crippen LogP contribution in [-0.4, -0.2) is 32.8 Å². The lowest BCUT2D eigenvalue weighted by atomic mass is 9.73. The Morgan fingerprint density at radius 3 is 2.62 bits per heavy atom. The highest BCUT2D eigenvalue weighted by Crippen LogP contribution is 2.47. The minimum Gasteiger partial charge on any atom is -0.355 e. The van der Waals surface area contributed by atoms with Crippen molar-refractivity contribution in [2.24, 2.45) is 11.1 Å². The van der Waals surface area contributed by atoms with Crippen molar-refractivity contribution in [1.29, 1.82) is 0 Å². The molecular weight excluding hydrogens is 394 g/mol. The maximum absolute atomic E-state index is 13.8. The van der Waals surface area contributed by atoms with Crippen LogP contribution in [0, 0.1) is 17.0 Å². The van der Waals surface area contributed by atoms with Crippen molar-refractivity contribution in [2.75, 3.05) is 18.0 Å². The first kappa shape index (κ1) is 18.5. The van der Waals surface area contributed by atoms with Crippen molar-refractivity contribution in [3.05, 3.63) is 60.2 Å². The van der Waals surface area contributed by atoms with Gasteiger partial charge in [0, 0.05) is 42.2 Å². The van der Waals surface area contributed by atoms with Gasteiger partial charge in [0.05, 0.1) is 24.1 Å². The molecule has 0 bridgehead atoms. The summed E-state index contributed by atoms with van der Waals surface area (Å²) in [6.07, 6.45) is 7.09. The van der Waals surface area contributed by atoms with Gasteiger partial charge in [0.25, 0.3) is 0 Å². The first-order valence-electron chi connectivity index (χ1n) is 9.51. The number of anilines is 1. The number of piperidine rings is 1. The van der Waals surface area contributed by atoms with Crippen molar-refractivity contribution in [3.8, 4) is 0 Å². The molecule has 29 heavy (non-hydrogen) atoms. The number of rotatable bonds is 3. The molecule has 2 aromatic heterocycles. The molecule has 0 amide bonds.